The summed E-state index contributed by atoms with van der Waals surface area (Å²) < 4.78 is 7.94. The highest BCUT2D eigenvalue weighted by molar-refractivity contribution is 5.42. The maximum Gasteiger partial charge on any atom is 0.137 e. The molecule has 1 unspecified atom stereocenters. The van der Waals surface area contributed by atoms with Crippen LogP contribution in [0.25, 0.3) is 5.65 Å². The van der Waals surface area contributed by atoms with Crippen LogP contribution in [0.2, 0.25) is 0 Å². The van der Waals surface area contributed by atoms with E-state index >= 15 is 0 Å². The second-order valence-corrected chi connectivity index (χ2v) is 6.25. The summed E-state index contributed by atoms with van der Waals surface area (Å²) >= 11 is 0. The normalized spacial score (nSPS) is 22.2. The number of hydrogen-bond donors (Lipinski definition) is 1. The Morgan fingerprint density at radius 1 is 1.45 bits per heavy atom. The van der Waals surface area contributed by atoms with E-state index < -0.39 is 0 Å². The number of pyridine rings is 1. The van der Waals surface area contributed by atoms with E-state index in [0.717, 1.165) is 37.3 Å². The molecule has 2 aromatic heterocycles. The van der Waals surface area contributed by atoms with E-state index in [1.807, 2.05) is 12.1 Å². The second kappa shape index (κ2) is 5.19. The summed E-state index contributed by atoms with van der Waals surface area (Å²) in [5.74, 6) is 0. The summed E-state index contributed by atoms with van der Waals surface area (Å²) in [5.41, 5.74) is 3.37. The molecule has 0 spiro atoms. The zero-order valence-corrected chi connectivity index (χ0v) is 12.5. The zero-order chi connectivity index (χ0) is 14.2. The van der Waals surface area contributed by atoms with Crippen LogP contribution in [0.4, 0.5) is 0 Å². The van der Waals surface area contributed by atoms with Gasteiger partial charge in [0.2, 0.25) is 0 Å². The molecule has 108 valence electrons. The van der Waals surface area contributed by atoms with Crippen LogP contribution in [0.3, 0.4) is 0 Å². The van der Waals surface area contributed by atoms with Gasteiger partial charge in [0.1, 0.15) is 5.65 Å². The number of hydrogen-bond acceptors (Lipinski definition) is 3. The minimum atomic E-state index is -0.00948. The molecule has 0 amide bonds. The lowest BCUT2D eigenvalue weighted by Crippen LogP contribution is -2.43. The summed E-state index contributed by atoms with van der Waals surface area (Å²) in [6, 6.07) is 6.65. The molecule has 1 N–H and O–H groups in total. The number of rotatable bonds is 3. The smallest absolute Gasteiger partial charge is 0.137 e. The van der Waals surface area contributed by atoms with Gasteiger partial charge < -0.3 is 14.5 Å². The van der Waals surface area contributed by atoms with Gasteiger partial charge in [-0.1, -0.05) is 6.07 Å². The molecule has 4 heteroatoms. The number of aromatic nitrogens is 2. The first-order valence-electron chi connectivity index (χ1n) is 7.35. The van der Waals surface area contributed by atoms with Gasteiger partial charge in [0.25, 0.3) is 0 Å². The van der Waals surface area contributed by atoms with Crippen LogP contribution in [-0.4, -0.2) is 27.6 Å². The zero-order valence-electron chi connectivity index (χ0n) is 12.5. The van der Waals surface area contributed by atoms with Gasteiger partial charge in [0, 0.05) is 25.4 Å². The molecular weight excluding hydrogens is 250 g/mol. The standard InChI is InChI=1S/C16H23N3O/c1-12-14(19-8-5-4-6-15(19)18-12)11-17-13-7-9-20-16(2,3)10-13/h4-6,8,13,17H,7,9-11H2,1-3H3. The third kappa shape index (κ3) is 2.72. The SMILES string of the molecule is Cc1nc2ccccn2c1CNC1CCOC(C)(C)C1. The van der Waals surface area contributed by atoms with Crippen molar-refractivity contribution in [3.63, 3.8) is 0 Å². The molecular formula is C16H23N3O. The van der Waals surface area contributed by atoms with Crippen molar-refractivity contribution in [3.05, 3.63) is 35.8 Å². The fourth-order valence-electron chi connectivity index (χ4n) is 3.02. The van der Waals surface area contributed by atoms with E-state index in [9.17, 15) is 0 Å². The number of aryl methyl sites for hydroxylation is 1. The maximum atomic E-state index is 5.77. The molecule has 0 aromatic carbocycles. The van der Waals surface area contributed by atoms with Crippen LogP contribution in [0.5, 0.6) is 0 Å². The predicted octanol–water partition coefficient (Wildman–Crippen LogP) is 2.69. The Morgan fingerprint density at radius 2 is 2.30 bits per heavy atom. The Labute approximate surface area is 120 Å². The molecule has 1 fully saturated rings. The summed E-state index contributed by atoms with van der Waals surface area (Å²) in [6.07, 6.45) is 4.22. The summed E-state index contributed by atoms with van der Waals surface area (Å²) in [4.78, 5) is 4.60. The van der Waals surface area contributed by atoms with E-state index in [0.29, 0.717) is 6.04 Å². The molecule has 0 saturated carbocycles. The molecule has 3 heterocycles. The predicted molar refractivity (Wildman–Crippen MR) is 79.8 cm³/mol. The highest BCUT2D eigenvalue weighted by atomic mass is 16.5. The Bertz CT molecular complexity index is 603. The average molecular weight is 273 g/mol. The molecule has 2 aromatic rings. The van der Waals surface area contributed by atoms with Gasteiger partial charge in [-0.25, -0.2) is 4.98 Å². The third-order valence-corrected chi connectivity index (χ3v) is 4.08. The van der Waals surface area contributed by atoms with Crippen LogP contribution in [-0.2, 0) is 11.3 Å². The average Bonchev–Trinajstić information content (AvgIpc) is 2.71. The Kier molecular flexibility index (Phi) is 3.52. The van der Waals surface area contributed by atoms with E-state index in [4.69, 9.17) is 4.74 Å². The van der Waals surface area contributed by atoms with Crippen LogP contribution in [0.1, 0.15) is 38.1 Å². The molecule has 1 aliphatic heterocycles. The van der Waals surface area contributed by atoms with E-state index in [1.54, 1.807) is 0 Å². The first-order chi connectivity index (χ1) is 9.55. The number of nitrogens with one attached hydrogen (secondary N) is 1. The van der Waals surface area contributed by atoms with Gasteiger partial charge in [-0.3, -0.25) is 0 Å². The Balaban J connectivity index is 1.72. The summed E-state index contributed by atoms with van der Waals surface area (Å²) in [7, 11) is 0. The van der Waals surface area contributed by atoms with Crippen molar-refractivity contribution in [2.24, 2.45) is 0 Å². The van der Waals surface area contributed by atoms with Crippen LogP contribution >= 0.6 is 0 Å². The highest BCUT2D eigenvalue weighted by Gasteiger charge is 2.28. The molecule has 1 saturated heterocycles. The fraction of sp³-hybridized carbons (Fsp3) is 0.562. The molecule has 20 heavy (non-hydrogen) atoms. The fourth-order valence-corrected chi connectivity index (χ4v) is 3.02. The van der Waals surface area contributed by atoms with Crippen molar-refractivity contribution in [1.29, 1.82) is 0 Å². The molecule has 4 nitrogen and oxygen atoms in total. The minimum Gasteiger partial charge on any atom is -0.375 e. The summed E-state index contributed by atoms with van der Waals surface area (Å²) in [5, 5.41) is 3.67. The molecule has 3 rings (SSSR count). The van der Waals surface area contributed by atoms with Crippen molar-refractivity contribution in [2.45, 2.75) is 51.8 Å². The number of imidazole rings is 1. The first kappa shape index (κ1) is 13.6. The van der Waals surface area contributed by atoms with Crippen LogP contribution < -0.4 is 5.32 Å². The molecule has 0 bridgehead atoms. The number of nitrogens with zero attached hydrogens (tertiary/aromatic N) is 2. The monoisotopic (exact) mass is 273 g/mol. The highest BCUT2D eigenvalue weighted by Crippen LogP contribution is 2.24. The van der Waals surface area contributed by atoms with Gasteiger partial charge in [0.05, 0.1) is 17.0 Å². The van der Waals surface area contributed by atoms with E-state index in [1.165, 1.54) is 5.69 Å². The van der Waals surface area contributed by atoms with Crippen LogP contribution in [0.15, 0.2) is 24.4 Å². The topological polar surface area (TPSA) is 38.6 Å². The van der Waals surface area contributed by atoms with Gasteiger partial charge >= 0.3 is 0 Å². The second-order valence-electron chi connectivity index (χ2n) is 6.25. The van der Waals surface area contributed by atoms with Gasteiger partial charge in [0.15, 0.2) is 0 Å². The van der Waals surface area contributed by atoms with Crippen molar-refractivity contribution in [2.75, 3.05) is 6.61 Å². The van der Waals surface area contributed by atoms with Gasteiger partial charge in [-0.15, -0.1) is 0 Å². The van der Waals surface area contributed by atoms with E-state index in [2.05, 4.69) is 47.7 Å². The number of fused-ring (bicyclic) bond motifs is 1. The molecule has 1 aliphatic rings. The van der Waals surface area contributed by atoms with Crippen molar-refractivity contribution < 1.29 is 4.74 Å². The van der Waals surface area contributed by atoms with E-state index in [-0.39, 0.29) is 5.60 Å². The maximum absolute atomic E-state index is 5.77. The lowest BCUT2D eigenvalue weighted by molar-refractivity contribution is -0.0631. The van der Waals surface area contributed by atoms with Crippen LogP contribution in [0, 0.1) is 6.92 Å². The van der Waals surface area contributed by atoms with Gasteiger partial charge in [-0.05, 0) is 45.7 Å². The quantitative estimate of drug-likeness (QED) is 0.934. The molecule has 1 atom stereocenters. The van der Waals surface area contributed by atoms with Crippen molar-refractivity contribution >= 4 is 5.65 Å². The molecule has 0 radical (unpaired) electrons. The lowest BCUT2D eigenvalue weighted by Gasteiger charge is -2.36. The lowest BCUT2D eigenvalue weighted by atomic mass is 9.94. The Morgan fingerprint density at radius 3 is 3.10 bits per heavy atom. The number of ether oxygens (including phenoxy) is 1. The third-order valence-electron chi connectivity index (χ3n) is 4.08. The summed E-state index contributed by atoms with van der Waals surface area (Å²) in [6.45, 7) is 8.12. The Hall–Kier alpha value is -1.39. The minimum absolute atomic E-state index is 0.00948. The van der Waals surface area contributed by atoms with Crippen molar-refractivity contribution in [3.8, 4) is 0 Å². The first-order valence-corrected chi connectivity index (χ1v) is 7.35. The van der Waals surface area contributed by atoms with Gasteiger partial charge in [-0.2, -0.15) is 0 Å². The van der Waals surface area contributed by atoms with Crippen molar-refractivity contribution in [1.82, 2.24) is 14.7 Å². The molecule has 0 aliphatic carbocycles. The largest absolute Gasteiger partial charge is 0.375 e.